The molecule has 2 atom stereocenters. The first-order valence-electron chi connectivity index (χ1n) is 11.0. The van der Waals surface area contributed by atoms with Crippen LogP contribution in [0.25, 0.3) is 0 Å². The molecule has 1 fully saturated rings. The van der Waals surface area contributed by atoms with E-state index in [1.54, 1.807) is 23.1 Å². The van der Waals surface area contributed by atoms with Crippen molar-refractivity contribution in [2.24, 2.45) is 0 Å². The Kier molecular flexibility index (Phi) is 8.20. The number of aliphatic hydroxyl groups excluding tert-OH is 1. The average molecular weight is 426 g/mol. The Morgan fingerprint density at radius 3 is 2.68 bits per heavy atom. The second kappa shape index (κ2) is 11.1. The molecule has 2 aromatic carbocycles. The molecule has 166 valence electrons. The number of carboxylic acids is 1. The maximum absolute atomic E-state index is 12.5. The lowest BCUT2D eigenvalue weighted by atomic mass is 10.0. The predicted octanol–water partition coefficient (Wildman–Crippen LogP) is 4.71. The van der Waals surface area contributed by atoms with Gasteiger partial charge in [-0.3, -0.25) is 4.79 Å². The largest absolute Gasteiger partial charge is 0.478 e. The molecule has 2 N–H and O–H groups in total. The molecule has 0 saturated carbocycles. The van der Waals surface area contributed by atoms with Gasteiger partial charge in [0.2, 0.25) is 5.91 Å². The molecule has 0 aliphatic carbocycles. The van der Waals surface area contributed by atoms with E-state index in [0.29, 0.717) is 19.6 Å². The highest BCUT2D eigenvalue weighted by molar-refractivity contribution is 5.96. The first-order chi connectivity index (χ1) is 15.0. The summed E-state index contributed by atoms with van der Waals surface area (Å²) in [6, 6.07) is 14.2. The van der Waals surface area contributed by atoms with Crippen LogP contribution in [0.2, 0.25) is 0 Å². The highest BCUT2D eigenvalue weighted by Crippen LogP contribution is 2.29. The fourth-order valence-electron chi connectivity index (χ4n) is 3.97. The van der Waals surface area contributed by atoms with E-state index in [1.807, 2.05) is 30.3 Å². The quantitative estimate of drug-likeness (QED) is 0.509. The summed E-state index contributed by atoms with van der Waals surface area (Å²) in [5.41, 5.74) is 2.71. The Bertz CT molecular complexity index is 880. The summed E-state index contributed by atoms with van der Waals surface area (Å²) in [4.78, 5) is 25.4. The summed E-state index contributed by atoms with van der Waals surface area (Å²) in [6.45, 7) is 2.81. The third-order valence-corrected chi connectivity index (χ3v) is 5.72. The molecule has 1 aliphatic heterocycles. The minimum Gasteiger partial charge on any atom is -0.478 e. The topological polar surface area (TPSA) is 87.1 Å². The summed E-state index contributed by atoms with van der Waals surface area (Å²) >= 11 is 0. The Morgan fingerprint density at radius 2 is 1.97 bits per heavy atom. The minimum atomic E-state index is -0.964. The van der Waals surface area contributed by atoms with Gasteiger partial charge in [0.25, 0.3) is 0 Å². The van der Waals surface area contributed by atoms with Crippen LogP contribution in [-0.2, 0) is 16.1 Å². The van der Waals surface area contributed by atoms with E-state index in [2.05, 4.69) is 6.92 Å². The van der Waals surface area contributed by atoms with Crippen LogP contribution < -0.4 is 4.90 Å². The number of carbonyl (C=O) groups excluding carboxylic acids is 1. The zero-order chi connectivity index (χ0) is 22.2. The van der Waals surface area contributed by atoms with Gasteiger partial charge in [-0.2, -0.15) is 0 Å². The fourth-order valence-corrected chi connectivity index (χ4v) is 3.97. The Hall–Kier alpha value is -2.70. The number of carbonyl (C=O) groups is 2. The van der Waals surface area contributed by atoms with Gasteiger partial charge >= 0.3 is 5.97 Å². The third-order valence-electron chi connectivity index (χ3n) is 5.72. The predicted molar refractivity (Wildman–Crippen MR) is 119 cm³/mol. The van der Waals surface area contributed by atoms with E-state index in [0.717, 1.165) is 48.9 Å². The molecule has 1 heterocycles. The molecule has 0 aromatic heterocycles. The Morgan fingerprint density at radius 1 is 1.19 bits per heavy atom. The first-order valence-corrected chi connectivity index (χ1v) is 11.0. The number of aromatic carboxylic acids is 1. The van der Waals surface area contributed by atoms with Crippen LogP contribution in [0, 0.1) is 0 Å². The Balaban J connectivity index is 1.58. The number of ether oxygens (including phenoxy) is 1. The molecule has 1 amide bonds. The van der Waals surface area contributed by atoms with Gasteiger partial charge in [0, 0.05) is 12.1 Å². The highest BCUT2D eigenvalue weighted by Gasteiger charge is 2.32. The molecule has 1 aliphatic rings. The van der Waals surface area contributed by atoms with Crippen LogP contribution >= 0.6 is 0 Å². The molecule has 6 nitrogen and oxygen atoms in total. The Labute approximate surface area is 183 Å². The van der Waals surface area contributed by atoms with E-state index in [9.17, 15) is 14.7 Å². The van der Waals surface area contributed by atoms with Crippen LogP contribution in [0.15, 0.2) is 48.5 Å². The van der Waals surface area contributed by atoms with E-state index in [1.165, 1.54) is 0 Å². The summed E-state index contributed by atoms with van der Waals surface area (Å²) in [5.74, 6) is -0.897. The van der Waals surface area contributed by atoms with Crippen molar-refractivity contribution in [1.29, 1.82) is 0 Å². The second-order valence-electron chi connectivity index (χ2n) is 8.08. The van der Waals surface area contributed by atoms with Crippen molar-refractivity contribution in [2.45, 2.75) is 64.2 Å². The number of benzene rings is 2. The molecule has 0 spiro atoms. The normalized spacial score (nSPS) is 17.2. The maximum Gasteiger partial charge on any atom is 0.335 e. The van der Waals surface area contributed by atoms with Gasteiger partial charge in [-0.15, -0.1) is 0 Å². The smallest absolute Gasteiger partial charge is 0.335 e. The van der Waals surface area contributed by atoms with Crippen molar-refractivity contribution < 1.29 is 24.5 Å². The van der Waals surface area contributed by atoms with Crippen molar-refractivity contribution >= 4 is 17.6 Å². The molecule has 0 bridgehead atoms. The van der Waals surface area contributed by atoms with Crippen molar-refractivity contribution in [3.63, 3.8) is 0 Å². The molecule has 0 radical (unpaired) electrons. The number of carboxylic acid groups (broad SMARTS) is 1. The minimum absolute atomic E-state index is 0.0597. The molecule has 1 saturated heterocycles. The van der Waals surface area contributed by atoms with Gasteiger partial charge in [0.15, 0.2) is 0 Å². The lowest BCUT2D eigenvalue weighted by Crippen LogP contribution is -2.36. The molecule has 2 aromatic rings. The molecular formula is C25H31NO5. The molecule has 6 heteroatoms. The van der Waals surface area contributed by atoms with Crippen LogP contribution in [-0.4, -0.2) is 34.7 Å². The number of unbranched alkanes of at least 4 members (excludes halogenated alkanes) is 2. The number of aliphatic hydroxyl groups is 1. The van der Waals surface area contributed by atoms with Crippen LogP contribution in [0.1, 0.15) is 73.0 Å². The van der Waals surface area contributed by atoms with Crippen molar-refractivity contribution in [1.82, 2.24) is 0 Å². The van der Waals surface area contributed by atoms with Gasteiger partial charge < -0.3 is 19.8 Å². The van der Waals surface area contributed by atoms with Gasteiger partial charge in [-0.1, -0.05) is 50.5 Å². The first kappa shape index (κ1) is 23.0. The lowest BCUT2D eigenvalue weighted by Gasteiger charge is -2.25. The van der Waals surface area contributed by atoms with E-state index >= 15 is 0 Å². The van der Waals surface area contributed by atoms with Gasteiger partial charge in [0.05, 0.1) is 30.9 Å². The van der Waals surface area contributed by atoms with E-state index in [4.69, 9.17) is 9.84 Å². The second-order valence-corrected chi connectivity index (χ2v) is 8.08. The van der Waals surface area contributed by atoms with Crippen LogP contribution in [0.3, 0.4) is 0 Å². The van der Waals surface area contributed by atoms with Crippen LogP contribution in [0.5, 0.6) is 0 Å². The monoisotopic (exact) mass is 425 g/mol. The number of nitrogens with zero attached hydrogens (tertiary/aromatic N) is 1. The number of amides is 1. The van der Waals surface area contributed by atoms with Crippen molar-refractivity contribution in [2.75, 3.05) is 11.5 Å². The lowest BCUT2D eigenvalue weighted by molar-refractivity contribution is -0.117. The van der Waals surface area contributed by atoms with E-state index < -0.39 is 12.1 Å². The summed E-state index contributed by atoms with van der Waals surface area (Å²) in [7, 11) is 0. The number of rotatable bonds is 11. The summed E-state index contributed by atoms with van der Waals surface area (Å²) in [5, 5.41) is 19.5. The zero-order valence-corrected chi connectivity index (χ0v) is 18.0. The third kappa shape index (κ3) is 6.15. The molecular weight excluding hydrogens is 394 g/mol. The van der Waals surface area contributed by atoms with Gasteiger partial charge in [0.1, 0.15) is 0 Å². The SMILES string of the molecule is CCCCCC(O)c1ccc(N2C(=O)CC[C@H]2COCc2cccc(C(=O)O)c2)cc1. The standard InChI is InChI=1S/C25H31NO5/c1-2-3-4-8-23(27)19-9-11-21(12-10-19)26-22(13-14-24(26)28)17-31-16-18-6-5-7-20(15-18)25(29)30/h5-7,9-12,15,22-23,27H,2-4,8,13-14,16-17H2,1H3,(H,29,30)/t22-,23?/m0/s1. The zero-order valence-electron chi connectivity index (χ0n) is 18.0. The van der Waals surface area contributed by atoms with Crippen LogP contribution in [0.4, 0.5) is 5.69 Å². The van der Waals surface area contributed by atoms with Crippen molar-refractivity contribution in [3.8, 4) is 0 Å². The summed E-state index contributed by atoms with van der Waals surface area (Å²) in [6.07, 6.45) is 4.69. The maximum atomic E-state index is 12.5. The summed E-state index contributed by atoms with van der Waals surface area (Å²) < 4.78 is 5.83. The molecule has 3 rings (SSSR count). The molecule has 31 heavy (non-hydrogen) atoms. The van der Waals surface area contributed by atoms with Gasteiger partial charge in [-0.25, -0.2) is 4.79 Å². The average Bonchev–Trinajstić information content (AvgIpc) is 3.14. The molecule has 1 unspecified atom stereocenters. The number of hydrogen-bond donors (Lipinski definition) is 2. The van der Waals surface area contributed by atoms with Gasteiger partial charge in [-0.05, 0) is 48.2 Å². The van der Waals surface area contributed by atoms with Crippen molar-refractivity contribution in [3.05, 3.63) is 65.2 Å². The number of anilines is 1. The van der Waals surface area contributed by atoms with E-state index in [-0.39, 0.29) is 17.5 Å². The number of hydrogen-bond acceptors (Lipinski definition) is 4. The highest BCUT2D eigenvalue weighted by atomic mass is 16.5. The fraction of sp³-hybridized carbons (Fsp3) is 0.440.